The van der Waals surface area contributed by atoms with Crippen molar-refractivity contribution in [3.8, 4) is 6.07 Å². The zero-order valence-corrected chi connectivity index (χ0v) is 10.5. The molecule has 0 N–H and O–H groups in total. The van der Waals surface area contributed by atoms with Crippen LogP contribution in [0.2, 0.25) is 5.02 Å². The van der Waals surface area contributed by atoms with Crippen LogP contribution in [-0.2, 0) is 0 Å². The zero-order chi connectivity index (χ0) is 11.7. The highest BCUT2D eigenvalue weighted by atomic mass is 35.5. The molecular formula is C12H6ClNS2. The Hall–Kier alpha value is -1.08. The van der Waals surface area contributed by atoms with E-state index in [1.165, 1.54) is 11.8 Å². The maximum Gasteiger partial charge on any atom is 0.102 e. The van der Waals surface area contributed by atoms with Crippen molar-refractivity contribution in [2.24, 2.45) is 0 Å². The molecule has 1 heterocycles. The van der Waals surface area contributed by atoms with Crippen LogP contribution in [0.25, 0.3) is 5.57 Å². The molecule has 4 heteroatoms. The molecule has 1 aliphatic rings. The highest BCUT2D eigenvalue weighted by Crippen LogP contribution is 2.42. The Morgan fingerprint density at radius 1 is 1.31 bits per heavy atom. The maximum atomic E-state index is 9.06. The highest BCUT2D eigenvalue weighted by Gasteiger charge is 2.25. The number of rotatable bonds is 1. The molecule has 0 atom stereocenters. The number of allylic oxidation sites excluding steroid dienone is 1. The lowest BCUT2D eigenvalue weighted by Gasteiger charge is -2.03. The van der Waals surface area contributed by atoms with E-state index in [1.807, 2.05) is 12.1 Å². The Morgan fingerprint density at radius 2 is 1.94 bits per heavy atom. The maximum absolute atomic E-state index is 9.06. The van der Waals surface area contributed by atoms with Crippen molar-refractivity contribution >= 4 is 45.4 Å². The van der Waals surface area contributed by atoms with Gasteiger partial charge in [-0.2, -0.15) is 5.26 Å². The summed E-state index contributed by atoms with van der Waals surface area (Å²) in [6.07, 6.45) is 0. The predicted molar refractivity (Wildman–Crippen MR) is 73.3 cm³/mol. The topological polar surface area (TPSA) is 23.8 Å². The van der Waals surface area contributed by atoms with E-state index in [0.717, 1.165) is 16.0 Å². The molecule has 0 amide bonds. The van der Waals surface area contributed by atoms with E-state index < -0.39 is 0 Å². The molecule has 0 saturated heterocycles. The van der Waals surface area contributed by atoms with Crippen LogP contribution < -0.4 is 0 Å². The summed E-state index contributed by atoms with van der Waals surface area (Å²) in [5, 5.41) is 9.73. The minimum absolute atomic E-state index is 0.535. The Bertz CT molecular complexity index is 549. The van der Waals surface area contributed by atoms with Gasteiger partial charge in [-0.25, -0.2) is 0 Å². The molecule has 1 aromatic carbocycles. The predicted octanol–water partition coefficient (Wildman–Crippen LogP) is 4.21. The first kappa shape index (κ1) is 11.4. The van der Waals surface area contributed by atoms with Crippen LogP contribution in [-0.4, -0.2) is 4.20 Å². The number of nitrogens with zero attached hydrogens (tertiary/aromatic N) is 1. The molecule has 1 aromatic rings. The van der Waals surface area contributed by atoms with Crippen molar-refractivity contribution in [1.82, 2.24) is 0 Å². The molecule has 0 spiro atoms. The molecule has 2 rings (SSSR count). The van der Waals surface area contributed by atoms with Crippen LogP contribution >= 0.6 is 35.6 Å². The number of hydrogen-bond acceptors (Lipinski definition) is 3. The molecule has 16 heavy (non-hydrogen) atoms. The van der Waals surface area contributed by atoms with E-state index >= 15 is 0 Å². The van der Waals surface area contributed by atoms with E-state index in [1.54, 1.807) is 12.1 Å². The van der Waals surface area contributed by atoms with Gasteiger partial charge in [0.15, 0.2) is 0 Å². The molecule has 0 bridgehead atoms. The first-order valence-corrected chi connectivity index (χ1v) is 6.05. The molecule has 1 aliphatic heterocycles. The van der Waals surface area contributed by atoms with Crippen molar-refractivity contribution in [2.45, 2.75) is 0 Å². The second-order valence-electron chi connectivity index (χ2n) is 3.18. The van der Waals surface area contributed by atoms with E-state index in [2.05, 4.69) is 12.6 Å². The number of halogens is 1. The standard InChI is InChI=1S/C12H6ClNS2/c1-7-11(10(6-14)12(15)16-7)8-2-4-9(13)5-3-8/h2-5H,1H2. The third-order valence-corrected chi connectivity index (χ3v) is 3.74. The van der Waals surface area contributed by atoms with Crippen molar-refractivity contribution in [3.63, 3.8) is 0 Å². The van der Waals surface area contributed by atoms with Crippen LogP contribution in [0.15, 0.2) is 41.3 Å². The van der Waals surface area contributed by atoms with Crippen LogP contribution in [0.3, 0.4) is 0 Å². The average molecular weight is 264 g/mol. The quantitative estimate of drug-likeness (QED) is 0.710. The zero-order valence-electron chi connectivity index (χ0n) is 8.16. The minimum atomic E-state index is 0.535. The number of hydrogen-bond donors (Lipinski definition) is 0. The summed E-state index contributed by atoms with van der Waals surface area (Å²) in [6, 6.07) is 9.45. The van der Waals surface area contributed by atoms with E-state index in [0.29, 0.717) is 14.8 Å². The molecule has 1 nitrogen and oxygen atoms in total. The summed E-state index contributed by atoms with van der Waals surface area (Å²) in [5.41, 5.74) is 2.29. The molecule has 0 fully saturated rings. The van der Waals surface area contributed by atoms with Gasteiger partial charge in [0.2, 0.25) is 0 Å². The largest absolute Gasteiger partial charge is 0.192 e. The number of benzene rings is 1. The second kappa shape index (κ2) is 4.42. The minimum Gasteiger partial charge on any atom is -0.192 e. The van der Waals surface area contributed by atoms with Gasteiger partial charge in [-0.05, 0) is 17.7 Å². The second-order valence-corrected chi connectivity index (χ2v) is 5.39. The highest BCUT2D eigenvalue weighted by molar-refractivity contribution is 8.27. The van der Waals surface area contributed by atoms with Gasteiger partial charge in [0.05, 0.1) is 9.77 Å². The van der Waals surface area contributed by atoms with Crippen LogP contribution in [0.4, 0.5) is 0 Å². The fourth-order valence-corrected chi connectivity index (χ4v) is 2.85. The molecule has 0 aromatic heterocycles. The summed E-state index contributed by atoms with van der Waals surface area (Å²) in [4.78, 5) is 0.823. The molecule has 0 aliphatic carbocycles. The molecule has 78 valence electrons. The fraction of sp³-hybridized carbons (Fsp3) is 0. The van der Waals surface area contributed by atoms with Crippen molar-refractivity contribution in [1.29, 1.82) is 5.26 Å². The van der Waals surface area contributed by atoms with E-state index in [9.17, 15) is 0 Å². The molecular weight excluding hydrogens is 258 g/mol. The lowest BCUT2D eigenvalue weighted by atomic mass is 10.0. The third-order valence-electron chi connectivity index (χ3n) is 2.19. The Labute approximate surface area is 108 Å². The molecule has 0 unspecified atom stereocenters. The van der Waals surface area contributed by atoms with Crippen molar-refractivity contribution < 1.29 is 0 Å². The molecule has 0 saturated carbocycles. The van der Waals surface area contributed by atoms with Crippen molar-refractivity contribution in [3.05, 3.63) is 51.9 Å². The van der Waals surface area contributed by atoms with Crippen LogP contribution in [0.5, 0.6) is 0 Å². The lowest BCUT2D eigenvalue weighted by Crippen LogP contribution is -1.88. The Kier molecular flexibility index (Phi) is 3.15. The van der Waals surface area contributed by atoms with Crippen LogP contribution in [0.1, 0.15) is 5.56 Å². The SMILES string of the molecule is C=C1SC(=S)C(C#N)=C1c1ccc(Cl)cc1. The number of thiocarbonyl (C=S) groups is 1. The van der Waals surface area contributed by atoms with Crippen LogP contribution in [0, 0.1) is 11.3 Å². The number of thioether (sulfide) groups is 1. The summed E-state index contributed by atoms with van der Waals surface area (Å²) in [7, 11) is 0. The summed E-state index contributed by atoms with van der Waals surface area (Å²) < 4.78 is 0.595. The van der Waals surface area contributed by atoms with E-state index in [-0.39, 0.29) is 0 Å². The van der Waals surface area contributed by atoms with Gasteiger partial charge in [0, 0.05) is 15.5 Å². The smallest absolute Gasteiger partial charge is 0.102 e. The van der Waals surface area contributed by atoms with Gasteiger partial charge in [0.1, 0.15) is 6.07 Å². The first-order valence-electron chi connectivity index (χ1n) is 4.45. The number of nitriles is 1. The Morgan fingerprint density at radius 3 is 2.50 bits per heavy atom. The average Bonchev–Trinajstić information content (AvgIpc) is 2.54. The van der Waals surface area contributed by atoms with Gasteiger partial charge in [-0.1, -0.05) is 54.3 Å². The normalized spacial score (nSPS) is 15.5. The van der Waals surface area contributed by atoms with E-state index in [4.69, 9.17) is 29.1 Å². The summed E-state index contributed by atoms with van der Waals surface area (Å²) in [5.74, 6) is 0. The summed E-state index contributed by atoms with van der Waals surface area (Å²) >= 11 is 12.3. The first-order chi connectivity index (χ1) is 7.63. The van der Waals surface area contributed by atoms with Gasteiger partial charge >= 0.3 is 0 Å². The molecule has 0 radical (unpaired) electrons. The van der Waals surface area contributed by atoms with Crippen molar-refractivity contribution in [2.75, 3.05) is 0 Å². The van der Waals surface area contributed by atoms with Gasteiger partial charge < -0.3 is 0 Å². The van der Waals surface area contributed by atoms with Gasteiger partial charge in [-0.15, -0.1) is 0 Å². The summed E-state index contributed by atoms with van der Waals surface area (Å²) in [6.45, 7) is 3.92. The Balaban J connectivity index is 2.59. The lowest BCUT2D eigenvalue weighted by molar-refractivity contribution is 1.51. The van der Waals surface area contributed by atoms with Gasteiger partial charge in [0.25, 0.3) is 0 Å². The third kappa shape index (κ3) is 1.92. The van der Waals surface area contributed by atoms with Gasteiger partial charge in [-0.3, -0.25) is 0 Å². The fourth-order valence-electron chi connectivity index (χ4n) is 1.48. The monoisotopic (exact) mass is 263 g/mol.